The standard InChI is InChI=1S/C17H20N4O/c1-12-10-13(2)19-17(18-12)20-15-8-9-21(16(15)22)11-14-6-4-3-5-7-14/h3-7,10,15H,8-9,11H2,1-2H3,(H,18,19,20)/t15-/m1/s1. The minimum absolute atomic E-state index is 0.117. The molecule has 0 radical (unpaired) electrons. The van der Waals surface area contributed by atoms with E-state index in [1.807, 2.05) is 55.1 Å². The van der Waals surface area contributed by atoms with E-state index in [1.54, 1.807) is 0 Å². The molecule has 1 amide bonds. The third kappa shape index (κ3) is 3.24. The first-order valence-electron chi connectivity index (χ1n) is 7.53. The van der Waals surface area contributed by atoms with E-state index in [0.717, 1.165) is 29.9 Å². The Morgan fingerprint density at radius 3 is 2.55 bits per heavy atom. The van der Waals surface area contributed by atoms with Gasteiger partial charge in [-0.15, -0.1) is 0 Å². The van der Waals surface area contributed by atoms with Crippen molar-refractivity contribution < 1.29 is 4.79 Å². The summed E-state index contributed by atoms with van der Waals surface area (Å²) in [7, 11) is 0. The highest BCUT2D eigenvalue weighted by atomic mass is 16.2. The molecule has 0 saturated carbocycles. The lowest BCUT2D eigenvalue weighted by Gasteiger charge is -2.17. The summed E-state index contributed by atoms with van der Waals surface area (Å²) in [5, 5.41) is 3.17. The SMILES string of the molecule is Cc1cc(C)nc(N[C@@H]2CCN(Cc3ccccc3)C2=O)n1. The fourth-order valence-electron chi connectivity index (χ4n) is 2.78. The van der Waals surface area contributed by atoms with Crippen LogP contribution in [0, 0.1) is 13.8 Å². The van der Waals surface area contributed by atoms with Gasteiger partial charge in [0.2, 0.25) is 11.9 Å². The maximum atomic E-state index is 12.5. The van der Waals surface area contributed by atoms with Crippen LogP contribution >= 0.6 is 0 Å². The lowest BCUT2D eigenvalue weighted by atomic mass is 10.2. The highest BCUT2D eigenvalue weighted by Gasteiger charge is 2.31. The van der Waals surface area contributed by atoms with E-state index >= 15 is 0 Å². The van der Waals surface area contributed by atoms with Crippen LogP contribution in [0.5, 0.6) is 0 Å². The van der Waals surface area contributed by atoms with Gasteiger partial charge in [-0.3, -0.25) is 4.79 Å². The summed E-state index contributed by atoms with van der Waals surface area (Å²) in [5.74, 6) is 0.657. The van der Waals surface area contributed by atoms with Crippen LogP contribution in [-0.2, 0) is 11.3 Å². The fourth-order valence-corrected chi connectivity index (χ4v) is 2.78. The average Bonchev–Trinajstić information content (AvgIpc) is 2.80. The largest absolute Gasteiger partial charge is 0.342 e. The van der Waals surface area contributed by atoms with Crippen LogP contribution < -0.4 is 5.32 Å². The molecule has 5 heteroatoms. The molecule has 5 nitrogen and oxygen atoms in total. The number of rotatable bonds is 4. The summed E-state index contributed by atoms with van der Waals surface area (Å²) in [6, 6.07) is 11.7. The molecule has 1 atom stereocenters. The van der Waals surface area contributed by atoms with Crippen molar-refractivity contribution in [2.75, 3.05) is 11.9 Å². The van der Waals surface area contributed by atoms with Gasteiger partial charge in [-0.25, -0.2) is 9.97 Å². The molecule has 1 aliphatic rings. The molecule has 0 unspecified atom stereocenters. The predicted molar refractivity (Wildman–Crippen MR) is 85.4 cm³/mol. The van der Waals surface area contributed by atoms with Gasteiger partial charge in [0.25, 0.3) is 0 Å². The first-order valence-corrected chi connectivity index (χ1v) is 7.53. The van der Waals surface area contributed by atoms with E-state index in [4.69, 9.17) is 0 Å². The van der Waals surface area contributed by atoms with E-state index < -0.39 is 0 Å². The molecule has 3 rings (SSSR count). The molecule has 114 valence electrons. The quantitative estimate of drug-likeness (QED) is 0.940. The van der Waals surface area contributed by atoms with Crippen molar-refractivity contribution in [1.29, 1.82) is 0 Å². The molecule has 1 N–H and O–H groups in total. The van der Waals surface area contributed by atoms with E-state index in [0.29, 0.717) is 12.5 Å². The van der Waals surface area contributed by atoms with Crippen molar-refractivity contribution in [3.63, 3.8) is 0 Å². The second-order valence-electron chi connectivity index (χ2n) is 5.71. The Morgan fingerprint density at radius 2 is 1.86 bits per heavy atom. The number of carbonyl (C=O) groups is 1. The van der Waals surface area contributed by atoms with Gasteiger partial charge in [0.05, 0.1) is 0 Å². The summed E-state index contributed by atoms with van der Waals surface area (Å²) < 4.78 is 0. The number of carbonyl (C=O) groups excluding carboxylic acids is 1. The van der Waals surface area contributed by atoms with Gasteiger partial charge in [0.15, 0.2) is 0 Å². The number of hydrogen-bond acceptors (Lipinski definition) is 4. The Balaban J connectivity index is 1.66. The van der Waals surface area contributed by atoms with Gasteiger partial charge in [0.1, 0.15) is 6.04 Å². The average molecular weight is 296 g/mol. The molecule has 1 aromatic heterocycles. The lowest BCUT2D eigenvalue weighted by molar-refractivity contribution is -0.128. The molecular weight excluding hydrogens is 276 g/mol. The Bertz CT molecular complexity index is 651. The zero-order valence-corrected chi connectivity index (χ0v) is 12.9. The highest BCUT2D eigenvalue weighted by molar-refractivity contribution is 5.86. The summed E-state index contributed by atoms with van der Waals surface area (Å²) in [6.45, 7) is 5.28. The van der Waals surface area contributed by atoms with Gasteiger partial charge in [0, 0.05) is 24.5 Å². The number of nitrogens with one attached hydrogen (secondary N) is 1. The summed E-state index contributed by atoms with van der Waals surface area (Å²) >= 11 is 0. The monoisotopic (exact) mass is 296 g/mol. The van der Waals surface area contributed by atoms with Crippen molar-refractivity contribution in [3.05, 3.63) is 53.3 Å². The topological polar surface area (TPSA) is 58.1 Å². The molecular formula is C17H20N4O. The second-order valence-corrected chi connectivity index (χ2v) is 5.71. The van der Waals surface area contributed by atoms with Crippen LogP contribution in [0.15, 0.2) is 36.4 Å². The molecule has 1 aliphatic heterocycles. The van der Waals surface area contributed by atoms with Crippen LogP contribution in [-0.4, -0.2) is 33.4 Å². The van der Waals surface area contributed by atoms with Crippen molar-refractivity contribution in [2.45, 2.75) is 32.9 Å². The van der Waals surface area contributed by atoms with Gasteiger partial charge in [-0.2, -0.15) is 0 Å². The van der Waals surface area contributed by atoms with Crippen LogP contribution in [0.2, 0.25) is 0 Å². The Kier molecular flexibility index (Phi) is 4.04. The van der Waals surface area contributed by atoms with Crippen LogP contribution in [0.1, 0.15) is 23.4 Å². The van der Waals surface area contributed by atoms with E-state index in [1.165, 1.54) is 0 Å². The highest BCUT2D eigenvalue weighted by Crippen LogP contribution is 2.18. The number of hydrogen-bond donors (Lipinski definition) is 1. The zero-order valence-electron chi connectivity index (χ0n) is 12.9. The maximum Gasteiger partial charge on any atom is 0.245 e. The van der Waals surface area contributed by atoms with Crippen LogP contribution in [0.25, 0.3) is 0 Å². The molecule has 1 aromatic carbocycles. The van der Waals surface area contributed by atoms with Crippen molar-refractivity contribution in [1.82, 2.24) is 14.9 Å². The van der Waals surface area contributed by atoms with Gasteiger partial charge in [-0.1, -0.05) is 30.3 Å². The summed E-state index contributed by atoms with van der Waals surface area (Å²) in [6.07, 6.45) is 0.780. The number of benzene rings is 1. The van der Waals surface area contributed by atoms with Crippen LogP contribution in [0.3, 0.4) is 0 Å². The summed E-state index contributed by atoms with van der Waals surface area (Å²) in [4.78, 5) is 23.1. The predicted octanol–water partition coefficient (Wildman–Crippen LogP) is 2.31. The Hall–Kier alpha value is -2.43. The molecule has 1 saturated heterocycles. The molecule has 2 aromatic rings. The first-order chi connectivity index (χ1) is 10.6. The lowest BCUT2D eigenvalue weighted by Crippen LogP contribution is -2.33. The van der Waals surface area contributed by atoms with E-state index in [9.17, 15) is 4.79 Å². The van der Waals surface area contributed by atoms with Crippen molar-refractivity contribution >= 4 is 11.9 Å². The third-order valence-corrected chi connectivity index (χ3v) is 3.80. The molecule has 1 fully saturated rings. The van der Waals surface area contributed by atoms with Gasteiger partial charge < -0.3 is 10.2 Å². The fraction of sp³-hybridized carbons (Fsp3) is 0.353. The van der Waals surface area contributed by atoms with Crippen molar-refractivity contribution in [3.8, 4) is 0 Å². The molecule has 0 spiro atoms. The summed E-state index contributed by atoms with van der Waals surface area (Å²) in [5.41, 5.74) is 2.96. The third-order valence-electron chi connectivity index (χ3n) is 3.80. The minimum atomic E-state index is -0.232. The number of nitrogens with zero attached hydrogens (tertiary/aromatic N) is 3. The number of amides is 1. The Morgan fingerprint density at radius 1 is 1.18 bits per heavy atom. The Labute approximate surface area is 130 Å². The first kappa shape index (κ1) is 14.5. The van der Waals surface area contributed by atoms with Crippen molar-refractivity contribution in [2.24, 2.45) is 0 Å². The molecule has 0 bridgehead atoms. The maximum absolute atomic E-state index is 12.5. The number of aromatic nitrogens is 2. The molecule has 2 heterocycles. The van der Waals surface area contributed by atoms with Gasteiger partial charge >= 0.3 is 0 Å². The second kappa shape index (κ2) is 6.13. The van der Waals surface area contributed by atoms with Gasteiger partial charge in [-0.05, 0) is 31.9 Å². The van der Waals surface area contributed by atoms with E-state index in [2.05, 4.69) is 15.3 Å². The number of likely N-dealkylation sites (tertiary alicyclic amines) is 1. The minimum Gasteiger partial charge on any atom is -0.342 e. The molecule has 22 heavy (non-hydrogen) atoms. The number of aryl methyl sites for hydroxylation is 2. The zero-order chi connectivity index (χ0) is 15.5. The molecule has 0 aliphatic carbocycles. The normalized spacial score (nSPS) is 17.8. The smallest absolute Gasteiger partial charge is 0.245 e. The number of anilines is 1. The van der Waals surface area contributed by atoms with Crippen LogP contribution in [0.4, 0.5) is 5.95 Å². The van der Waals surface area contributed by atoms with E-state index in [-0.39, 0.29) is 11.9 Å².